The van der Waals surface area contributed by atoms with Crippen LogP contribution in [-0.2, 0) is 6.54 Å². The molecule has 0 radical (unpaired) electrons. The lowest BCUT2D eigenvalue weighted by molar-refractivity contribution is 0.131. The van der Waals surface area contributed by atoms with E-state index in [0.29, 0.717) is 28.6 Å². The van der Waals surface area contributed by atoms with Gasteiger partial charge in [0.25, 0.3) is 0 Å². The SMILES string of the molecule is CCN1CCN(Cc2ccc(Nc3nccc(-c4cnc(OC)c(C#N)c4)n3)cn2)CC1. The molecule has 0 spiro atoms. The molecule has 0 unspecified atom stereocenters. The van der Waals surface area contributed by atoms with E-state index in [2.05, 4.69) is 48.0 Å². The second kappa shape index (κ2) is 10.1. The highest BCUT2D eigenvalue weighted by Crippen LogP contribution is 2.23. The van der Waals surface area contributed by atoms with Crippen molar-refractivity contribution in [1.82, 2.24) is 29.7 Å². The maximum Gasteiger partial charge on any atom is 0.231 e. The van der Waals surface area contributed by atoms with E-state index in [1.165, 1.54) is 7.11 Å². The summed E-state index contributed by atoms with van der Waals surface area (Å²) in [4.78, 5) is 22.5. The topological polar surface area (TPSA) is 103 Å². The quantitative estimate of drug-likeness (QED) is 0.606. The molecule has 164 valence electrons. The monoisotopic (exact) mass is 430 g/mol. The summed E-state index contributed by atoms with van der Waals surface area (Å²) in [5.41, 5.74) is 3.58. The normalized spacial score (nSPS) is 14.7. The lowest BCUT2D eigenvalue weighted by atomic mass is 10.1. The lowest BCUT2D eigenvalue weighted by Gasteiger charge is -2.33. The number of anilines is 2. The van der Waals surface area contributed by atoms with Gasteiger partial charge in [0, 0.05) is 50.7 Å². The molecule has 4 heterocycles. The number of hydrogen-bond donors (Lipinski definition) is 1. The van der Waals surface area contributed by atoms with Crippen molar-refractivity contribution in [3.63, 3.8) is 0 Å². The van der Waals surface area contributed by atoms with Gasteiger partial charge in [-0.2, -0.15) is 5.26 Å². The highest BCUT2D eigenvalue weighted by molar-refractivity contribution is 5.63. The first kappa shape index (κ1) is 21.6. The Labute approximate surface area is 187 Å². The second-order valence-corrected chi connectivity index (χ2v) is 7.53. The van der Waals surface area contributed by atoms with E-state index in [0.717, 1.165) is 50.6 Å². The molecule has 3 aromatic rings. The molecule has 0 saturated carbocycles. The first-order valence-corrected chi connectivity index (χ1v) is 10.6. The zero-order chi connectivity index (χ0) is 22.3. The number of rotatable bonds is 7. The molecule has 0 bridgehead atoms. The Morgan fingerprint density at radius 1 is 1.06 bits per heavy atom. The van der Waals surface area contributed by atoms with Gasteiger partial charge >= 0.3 is 0 Å². The molecule has 1 N–H and O–H groups in total. The lowest BCUT2D eigenvalue weighted by Crippen LogP contribution is -2.45. The van der Waals surface area contributed by atoms with E-state index in [1.54, 1.807) is 30.7 Å². The number of pyridine rings is 2. The number of hydrogen-bond acceptors (Lipinski definition) is 9. The van der Waals surface area contributed by atoms with E-state index in [1.807, 2.05) is 12.1 Å². The highest BCUT2D eigenvalue weighted by Gasteiger charge is 2.16. The van der Waals surface area contributed by atoms with Crippen LogP contribution < -0.4 is 10.1 Å². The Kier molecular flexibility index (Phi) is 6.84. The molecule has 1 fully saturated rings. The molecular formula is C23H26N8O. The highest BCUT2D eigenvalue weighted by atomic mass is 16.5. The summed E-state index contributed by atoms with van der Waals surface area (Å²) < 4.78 is 5.11. The van der Waals surface area contributed by atoms with Gasteiger partial charge in [-0.3, -0.25) is 9.88 Å². The van der Waals surface area contributed by atoms with Gasteiger partial charge in [0.15, 0.2) is 0 Å². The minimum absolute atomic E-state index is 0.294. The van der Waals surface area contributed by atoms with Crippen molar-refractivity contribution in [2.45, 2.75) is 13.5 Å². The van der Waals surface area contributed by atoms with Crippen LogP contribution in [0.1, 0.15) is 18.2 Å². The third kappa shape index (κ3) is 5.17. The van der Waals surface area contributed by atoms with Crippen molar-refractivity contribution in [3.8, 4) is 23.2 Å². The molecule has 0 amide bonds. The number of methoxy groups -OCH3 is 1. The Balaban J connectivity index is 1.41. The molecule has 1 aliphatic heterocycles. The van der Waals surface area contributed by atoms with E-state index in [4.69, 9.17) is 4.74 Å². The van der Waals surface area contributed by atoms with Gasteiger partial charge < -0.3 is 15.0 Å². The summed E-state index contributed by atoms with van der Waals surface area (Å²) in [6, 6.07) is 9.59. The van der Waals surface area contributed by atoms with E-state index in [9.17, 15) is 5.26 Å². The third-order valence-corrected chi connectivity index (χ3v) is 5.49. The van der Waals surface area contributed by atoms with Crippen LogP contribution in [0.15, 0.2) is 42.9 Å². The standard InChI is InChI=1S/C23H26N8O/c1-3-30-8-10-31(11-9-30)16-20-5-4-19(15-26-20)28-23-25-7-6-21(29-23)18-12-17(13-24)22(32-2)27-14-18/h4-7,12,14-15H,3,8-11,16H2,1-2H3,(H,25,28,29). The molecule has 32 heavy (non-hydrogen) atoms. The summed E-state index contributed by atoms with van der Waals surface area (Å²) in [5, 5.41) is 12.5. The molecule has 9 nitrogen and oxygen atoms in total. The Hall–Kier alpha value is -3.61. The van der Waals surface area contributed by atoms with E-state index >= 15 is 0 Å². The summed E-state index contributed by atoms with van der Waals surface area (Å²) in [6.07, 6.45) is 5.09. The van der Waals surface area contributed by atoms with E-state index in [-0.39, 0.29) is 0 Å². The molecule has 0 atom stereocenters. The fourth-order valence-corrected chi connectivity index (χ4v) is 3.63. The number of nitriles is 1. The molecule has 1 aliphatic rings. The number of piperazine rings is 1. The van der Waals surface area contributed by atoms with Crippen LogP contribution in [0.3, 0.4) is 0 Å². The van der Waals surface area contributed by atoms with Gasteiger partial charge in [-0.05, 0) is 30.8 Å². The average Bonchev–Trinajstić information content (AvgIpc) is 2.85. The first-order chi connectivity index (χ1) is 15.7. The molecule has 0 aliphatic carbocycles. The Bertz CT molecular complexity index is 1090. The molecule has 0 aromatic carbocycles. The number of nitrogens with zero attached hydrogens (tertiary/aromatic N) is 7. The summed E-state index contributed by atoms with van der Waals surface area (Å²) >= 11 is 0. The van der Waals surface area contributed by atoms with Crippen LogP contribution >= 0.6 is 0 Å². The van der Waals surface area contributed by atoms with Gasteiger partial charge in [0.05, 0.1) is 30.4 Å². The average molecular weight is 431 g/mol. The largest absolute Gasteiger partial charge is 0.480 e. The predicted octanol–water partition coefficient (Wildman–Crippen LogP) is 2.69. The molecule has 3 aromatic heterocycles. The smallest absolute Gasteiger partial charge is 0.231 e. The van der Waals surface area contributed by atoms with Gasteiger partial charge in [-0.25, -0.2) is 15.0 Å². The van der Waals surface area contributed by atoms with Gasteiger partial charge in [0.2, 0.25) is 11.8 Å². The minimum atomic E-state index is 0.294. The van der Waals surface area contributed by atoms with Crippen LogP contribution in [0.4, 0.5) is 11.6 Å². The van der Waals surface area contributed by atoms with Gasteiger partial charge in [0.1, 0.15) is 11.6 Å². The fraction of sp³-hybridized carbons (Fsp3) is 0.348. The maximum absolute atomic E-state index is 9.29. The van der Waals surface area contributed by atoms with Crippen LogP contribution in [0.2, 0.25) is 0 Å². The number of aromatic nitrogens is 4. The Morgan fingerprint density at radius 2 is 1.88 bits per heavy atom. The van der Waals surface area contributed by atoms with Crippen molar-refractivity contribution >= 4 is 11.6 Å². The van der Waals surface area contributed by atoms with Crippen molar-refractivity contribution < 1.29 is 4.74 Å². The summed E-state index contributed by atoms with van der Waals surface area (Å²) in [6.45, 7) is 8.56. The zero-order valence-electron chi connectivity index (χ0n) is 18.3. The summed E-state index contributed by atoms with van der Waals surface area (Å²) in [5.74, 6) is 0.740. The maximum atomic E-state index is 9.29. The van der Waals surface area contributed by atoms with E-state index < -0.39 is 0 Å². The number of ether oxygens (including phenoxy) is 1. The summed E-state index contributed by atoms with van der Waals surface area (Å²) in [7, 11) is 1.49. The molecular weight excluding hydrogens is 404 g/mol. The second-order valence-electron chi connectivity index (χ2n) is 7.53. The van der Waals surface area contributed by atoms with Crippen molar-refractivity contribution in [1.29, 1.82) is 5.26 Å². The fourth-order valence-electron chi connectivity index (χ4n) is 3.63. The van der Waals surface area contributed by atoms with Crippen LogP contribution in [0, 0.1) is 11.3 Å². The first-order valence-electron chi connectivity index (χ1n) is 10.6. The van der Waals surface area contributed by atoms with Crippen LogP contribution in [-0.4, -0.2) is 69.6 Å². The molecule has 9 heteroatoms. The molecule has 1 saturated heterocycles. The van der Waals surface area contributed by atoms with Gasteiger partial charge in [-0.15, -0.1) is 0 Å². The zero-order valence-corrected chi connectivity index (χ0v) is 18.3. The third-order valence-electron chi connectivity index (χ3n) is 5.49. The van der Waals surface area contributed by atoms with Crippen LogP contribution in [0.25, 0.3) is 11.3 Å². The Morgan fingerprint density at radius 3 is 2.56 bits per heavy atom. The number of nitrogens with one attached hydrogen (secondary N) is 1. The number of likely N-dealkylation sites (N-methyl/N-ethyl adjacent to an activating group) is 1. The molecule has 4 rings (SSSR count). The van der Waals surface area contributed by atoms with Crippen molar-refractivity contribution in [3.05, 3.63) is 54.1 Å². The minimum Gasteiger partial charge on any atom is -0.480 e. The van der Waals surface area contributed by atoms with Crippen molar-refractivity contribution in [2.75, 3.05) is 45.2 Å². The van der Waals surface area contributed by atoms with Crippen molar-refractivity contribution in [2.24, 2.45) is 0 Å². The predicted molar refractivity (Wildman–Crippen MR) is 121 cm³/mol. The van der Waals surface area contributed by atoms with Crippen LogP contribution in [0.5, 0.6) is 5.88 Å². The van der Waals surface area contributed by atoms with Gasteiger partial charge in [-0.1, -0.05) is 6.92 Å².